The Hall–Kier alpha value is -0.550. The zero-order chi connectivity index (χ0) is 10.7. The maximum absolute atomic E-state index is 5.62. The second-order valence-corrected chi connectivity index (χ2v) is 4.58. The molecule has 0 atom stereocenters. The number of nitrogens with zero attached hydrogens (tertiary/aromatic N) is 1. The third kappa shape index (κ3) is 2.52. The third-order valence-corrected chi connectivity index (χ3v) is 3.13. The van der Waals surface area contributed by atoms with Crippen molar-refractivity contribution in [3.8, 4) is 11.3 Å². The highest BCUT2D eigenvalue weighted by atomic mass is 127. The smallest absolute Gasteiger partial charge is 0.196 e. The molecular formula is C11H9ClINO. The number of hydrogen-bond donors (Lipinski definition) is 0. The van der Waals surface area contributed by atoms with Crippen LogP contribution in [0.2, 0.25) is 0 Å². The molecule has 0 aliphatic carbocycles. The Morgan fingerprint density at radius 2 is 2.13 bits per heavy atom. The fraction of sp³-hybridized carbons (Fsp3) is 0.182. The first-order valence-electron chi connectivity index (χ1n) is 4.57. The molecule has 15 heavy (non-hydrogen) atoms. The summed E-state index contributed by atoms with van der Waals surface area (Å²) in [5.74, 6) is 2.03. The van der Waals surface area contributed by atoms with Gasteiger partial charge in [0.1, 0.15) is 0 Å². The van der Waals surface area contributed by atoms with Gasteiger partial charge in [-0.1, -0.05) is 18.2 Å². The van der Waals surface area contributed by atoms with Crippen LogP contribution in [0.1, 0.15) is 5.89 Å². The summed E-state index contributed by atoms with van der Waals surface area (Å²) in [5.41, 5.74) is 1.08. The van der Waals surface area contributed by atoms with Crippen molar-refractivity contribution in [2.45, 2.75) is 6.42 Å². The number of rotatable bonds is 3. The Morgan fingerprint density at radius 3 is 2.87 bits per heavy atom. The molecule has 2 aromatic rings. The van der Waals surface area contributed by atoms with Gasteiger partial charge in [-0.25, -0.2) is 4.98 Å². The van der Waals surface area contributed by atoms with E-state index in [0.29, 0.717) is 18.2 Å². The van der Waals surface area contributed by atoms with Gasteiger partial charge in [0.05, 0.1) is 6.20 Å². The maximum atomic E-state index is 5.62. The average Bonchev–Trinajstić information content (AvgIpc) is 2.68. The standard InChI is InChI=1S/C11H9ClINO/c12-6-5-11-14-7-10(15-11)8-3-1-2-4-9(8)13/h1-4,7H,5-6H2. The summed E-state index contributed by atoms with van der Waals surface area (Å²) in [6.45, 7) is 0. The van der Waals surface area contributed by atoms with Crippen molar-refractivity contribution in [3.63, 3.8) is 0 Å². The van der Waals surface area contributed by atoms with Gasteiger partial charge in [-0.3, -0.25) is 0 Å². The molecular weight excluding hydrogens is 324 g/mol. The fourth-order valence-electron chi connectivity index (χ4n) is 1.29. The van der Waals surface area contributed by atoms with Crippen LogP contribution < -0.4 is 0 Å². The predicted octanol–water partition coefficient (Wildman–Crippen LogP) is 3.73. The van der Waals surface area contributed by atoms with Gasteiger partial charge in [-0.2, -0.15) is 0 Å². The lowest BCUT2D eigenvalue weighted by Gasteiger charge is -1.98. The van der Waals surface area contributed by atoms with Gasteiger partial charge in [0.15, 0.2) is 11.7 Å². The SMILES string of the molecule is ClCCc1ncc(-c2ccccc2I)o1. The Labute approximate surface area is 107 Å². The number of oxazole rings is 1. The molecule has 1 aromatic carbocycles. The molecule has 0 N–H and O–H groups in total. The lowest BCUT2D eigenvalue weighted by atomic mass is 10.2. The van der Waals surface area contributed by atoms with Crippen molar-refractivity contribution in [2.24, 2.45) is 0 Å². The van der Waals surface area contributed by atoms with Crippen LogP contribution in [0.25, 0.3) is 11.3 Å². The molecule has 0 amide bonds. The molecule has 0 aliphatic heterocycles. The molecule has 0 fully saturated rings. The van der Waals surface area contributed by atoms with Gasteiger partial charge in [-0.05, 0) is 28.7 Å². The van der Waals surface area contributed by atoms with Crippen molar-refractivity contribution in [2.75, 3.05) is 5.88 Å². The highest BCUT2D eigenvalue weighted by Crippen LogP contribution is 2.25. The van der Waals surface area contributed by atoms with Crippen LogP contribution in [0.15, 0.2) is 34.9 Å². The largest absolute Gasteiger partial charge is 0.441 e. The first kappa shape index (κ1) is 11.0. The molecule has 0 bridgehead atoms. The van der Waals surface area contributed by atoms with Crippen LogP contribution in [0.5, 0.6) is 0 Å². The van der Waals surface area contributed by atoms with E-state index < -0.39 is 0 Å². The monoisotopic (exact) mass is 333 g/mol. The van der Waals surface area contributed by atoms with E-state index in [2.05, 4.69) is 27.6 Å². The first-order valence-corrected chi connectivity index (χ1v) is 6.18. The minimum Gasteiger partial charge on any atom is -0.441 e. The number of alkyl halides is 1. The number of benzene rings is 1. The maximum Gasteiger partial charge on any atom is 0.196 e. The lowest BCUT2D eigenvalue weighted by Crippen LogP contribution is -1.83. The fourth-order valence-corrected chi connectivity index (χ4v) is 2.11. The van der Waals surface area contributed by atoms with Crippen LogP contribution in [0.3, 0.4) is 0 Å². The summed E-state index contributed by atoms with van der Waals surface area (Å²) < 4.78 is 6.75. The molecule has 0 unspecified atom stereocenters. The molecule has 0 saturated carbocycles. The van der Waals surface area contributed by atoms with Gasteiger partial charge in [0.2, 0.25) is 0 Å². The summed E-state index contributed by atoms with van der Waals surface area (Å²) in [4.78, 5) is 4.17. The molecule has 1 heterocycles. The van der Waals surface area contributed by atoms with Gasteiger partial charge >= 0.3 is 0 Å². The van der Waals surface area contributed by atoms with Crippen molar-refractivity contribution in [3.05, 3.63) is 39.9 Å². The first-order chi connectivity index (χ1) is 7.31. The Balaban J connectivity index is 2.33. The molecule has 0 radical (unpaired) electrons. The predicted molar refractivity (Wildman–Crippen MR) is 69.1 cm³/mol. The zero-order valence-corrected chi connectivity index (χ0v) is 10.8. The molecule has 0 spiro atoms. The van der Waals surface area contributed by atoms with Crippen LogP contribution in [-0.4, -0.2) is 10.9 Å². The number of halogens is 2. The third-order valence-electron chi connectivity index (χ3n) is 2.00. The van der Waals surface area contributed by atoms with E-state index in [1.807, 2.05) is 24.3 Å². The van der Waals surface area contributed by atoms with Crippen LogP contribution in [-0.2, 0) is 6.42 Å². The highest BCUT2D eigenvalue weighted by Gasteiger charge is 2.08. The second-order valence-electron chi connectivity index (χ2n) is 3.04. The molecule has 2 rings (SSSR count). The minimum absolute atomic E-state index is 0.534. The lowest BCUT2D eigenvalue weighted by molar-refractivity contribution is 0.514. The Kier molecular flexibility index (Phi) is 3.64. The highest BCUT2D eigenvalue weighted by molar-refractivity contribution is 14.1. The van der Waals surface area contributed by atoms with Crippen molar-refractivity contribution in [1.29, 1.82) is 0 Å². The molecule has 1 aromatic heterocycles. The van der Waals surface area contributed by atoms with Crippen molar-refractivity contribution < 1.29 is 4.42 Å². The summed E-state index contributed by atoms with van der Waals surface area (Å²) >= 11 is 7.90. The van der Waals surface area contributed by atoms with Crippen LogP contribution in [0, 0.1) is 3.57 Å². The van der Waals surface area contributed by atoms with E-state index in [4.69, 9.17) is 16.0 Å². The summed E-state index contributed by atoms with van der Waals surface area (Å²) in [7, 11) is 0. The van der Waals surface area contributed by atoms with Gasteiger partial charge in [0, 0.05) is 21.4 Å². The average molecular weight is 334 g/mol. The number of hydrogen-bond acceptors (Lipinski definition) is 2. The zero-order valence-electron chi connectivity index (χ0n) is 7.91. The van der Waals surface area contributed by atoms with Crippen LogP contribution >= 0.6 is 34.2 Å². The van der Waals surface area contributed by atoms with Gasteiger partial charge in [0.25, 0.3) is 0 Å². The topological polar surface area (TPSA) is 26.0 Å². The molecule has 0 saturated heterocycles. The second kappa shape index (κ2) is 4.99. The van der Waals surface area contributed by atoms with Crippen molar-refractivity contribution in [1.82, 2.24) is 4.98 Å². The van der Waals surface area contributed by atoms with E-state index in [0.717, 1.165) is 14.9 Å². The summed E-state index contributed by atoms with van der Waals surface area (Å²) in [6, 6.07) is 8.05. The molecule has 4 heteroatoms. The Morgan fingerprint density at radius 1 is 1.33 bits per heavy atom. The van der Waals surface area contributed by atoms with Gasteiger partial charge < -0.3 is 4.42 Å². The van der Waals surface area contributed by atoms with E-state index in [9.17, 15) is 0 Å². The molecule has 0 aliphatic rings. The van der Waals surface area contributed by atoms with Crippen LogP contribution in [0.4, 0.5) is 0 Å². The normalized spacial score (nSPS) is 10.5. The van der Waals surface area contributed by atoms with E-state index in [1.54, 1.807) is 6.20 Å². The number of aryl methyl sites for hydroxylation is 1. The van der Waals surface area contributed by atoms with Crippen molar-refractivity contribution >= 4 is 34.2 Å². The summed E-state index contributed by atoms with van der Waals surface area (Å²) in [5, 5.41) is 0. The van der Waals surface area contributed by atoms with E-state index >= 15 is 0 Å². The molecule has 2 nitrogen and oxygen atoms in total. The van der Waals surface area contributed by atoms with E-state index in [-0.39, 0.29) is 0 Å². The quantitative estimate of drug-likeness (QED) is 0.632. The number of aromatic nitrogens is 1. The van der Waals surface area contributed by atoms with Gasteiger partial charge in [-0.15, -0.1) is 11.6 Å². The minimum atomic E-state index is 0.534. The van der Waals surface area contributed by atoms with E-state index in [1.165, 1.54) is 0 Å². The summed E-state index contributed by atoms with van der Waals surface area (Å²) in [6.07, 6.45) is 2.42. The Bertz CT molecular complexity index is 455. The molecule has 78 valence electrons.